The predicted octanol–water partition coefficient (Wildman–Crippen LogP) is 4.97. The van der Waals surface area contributed by atoms with Crippen molar-refractivity contribution in [1.82, 2.24) is 9.88 Å². The highest BCUT2D eigenvalue weighted by molar-refractivity contribution is 5.83. The van der Waals surface area contributed by atoms with Crippen molar-refractivity contribution >= 4 is 22.6 Å². The summed E-state index contributed by atoms with van der Waals surface area (Å²) in [6, 6.07) is 12.5. The smallest absolute Gasteiger partial charge is 0.206 e. The average molecular weight is 417 g/mol. The molecule has 0 spiro atoms. The first-order chi connectivity index (χ1) is 15.2. The first-order valence-electron chi connectivity index (χ1n) is 11.2. The second-order valence-corrected chi connectivity index (χ2v) is 8.24. The van der Waals surface area contributed by atoms with Gasteiger partial charge in [0.2, 0.25) is 5.90 Å². The quantitative estimate of drug-likeness (QED) is 0.346. The number of ether oxygens (including phenoxy) is 1. The predicted molar refractivity (Wildman–Crippen MR) is 130 cm³/mol. The van der Waals surface area contributed by atoms with Crippen LogP contribution in [0, 0.1) is 0 Å². The Morgan fingerprint density at radius 3 is 2.84 bits per heavy atom. The van der Waals surface area contributed by atoms with Crippen molar-refractivity contribution in [3.8, 4) is 0 Å². The van der Waals surface area contributed by atoms with Crippen molar-refractivity contribution in [2.75, 3.05) is 31.1 Å². The van der Waals surface area contributed by atoms with Gasteiger partial charge in [-0.3, -0.25) is 4.90 Å². The van der Waals surface area contributed by atoms with E-state index in [4.69, 9.17) is 9.72 Å². The Labute approximate surface area is 185 Å². The normalized spacial score (nSPS) is 18.6. The molecule has 4 rings (SSSR count). The van der Waals surface area contributed by atoms with Gasteiger partial charge in [0.15, 0.2) is 0 Å². The number of aromatic nitrogens is 1. The molecule has 0 amide bonds. The molecule has 0 N–H and O–H groups in total. The van der Waals surface area contributed by atoms with Crippen molar-refractivity contribution in [1.29, 1.82) is 0 Å². The topological polar surface area (TPSA) is 41.0 Å². The maximum atomic E-state index is 6.43. The molecule has 1 unspecified atom stereocenters. The number of nitrogens with zero attached hydrogens (tertiary/aromatic N) is 4. The monoisotopic (exact) mass is 416 g/mol. The second-order valence-electron chi connectivity index (χ2n) is 8.24. The Bertz CT molecular complexity index is 990. The van der Waals surface area contributed by atoms with Crippen LogP contribution in [0.15, 0.2) is 78.5 Å². The van der Waals surface area contributed by atoms with Gasteiger partial charge in [-0.2, -0.15) is 0 Å². The summed E-state index contributed by atoms with van der Waals surface area (Å²) in [5.74, 6) is 1.76. The Balaban J connectivity index is 1.43. The summed E-state index contributed by atoms with van der Waals surface area (Å²) < 4.78 is 6.43. The number of hydrogen-bond acceptors (Lipinski definition) is 5. The number of pyridine rings is 1. The number of hydrogen-bond donors (Lipinski definition) is 0. The van der Waals surface area contributed by atoms with Crippen LogP contribution in [0.5, 0.6) is 0 Å². The first-order valence-corrected chi connectivity index (χ1v) is 11.2. The molecule has 0 saturated carbocycles. The lowest BCUT2D eigenvalue weighted by atomic mass is 10.0. The molecule has 0 radical (unpaired) electrons. The molecule has 0 bridgehead atoms. The van der Waals surface area contributed by atoms with Gasteiger partial charge >= 0.3 is 0 Å². The minimum atomic E-state index is 0.100. The molecule has 1 aromatic carbocycles. The van der Waals surface area contributed by atoms with E-state index in [0.29, 0.717) is 0 Å². The van der Waals surface area contributed by atoms with E-state index in [1.165, 1.54) is 5.57 Å². The van der Waals surface area contributed by atoms with Crippen molar-refractivity contribution in [3.63, 3.8) is 0 Å². The fraction of sp³-hybridized carbons (Fsp3) is 0.385. The summed E-state index contributed by atoms with van der Waals surface area (Å²) in [4.78, 5) is 14.1. The van der Waals surface area contributed by atoms with Crippen LogP contribution in [0.2, 0.25) is 0 Å². The maximum Gasteiger partial charge on any atom is 0.206 e. The Kier molecular flexibility index (Phi) is 6.82. The second kappa shape index (κ2) is 9.92. The van der Waals surface area contributed by atoms with Gasteiger partial charge in [-0.25, -0.2) is 9.98 Å². The van der Waals surface area contributed by atoms with Crippen LogP contribution in [0.25, 0.3) is 10.9 Å². The van der Waals surface area contributed by atoms with Crippen LogP contribution in [0.3, 0.4) is 0 Å². The molecule has 1 fully saturated rings. The van der Waals surface area contributed by atoms with E-state index < -0.39 is 0 Å². The van der Waals surface area contributed by atoms with Gasteiger partial charge < -0.3 is 9.64 Å². The third-order valence-electron chi connectivity index (χ3n) is 6.06. The number of aliphatic imine (C=N–C) groups is 1. The summed E-state index contributed by atoms with van der Waals surface area (Å²) in [5, 5.41) is 1.16. The largest absolute Gasteiger partial charge is 0.473 e. The van der Waals surface area contributed by atoms with Crippen molar-refractivity contribution in [3.05, 3.63) is 73.5 Å². The van der Waals surface area contributed by atoms with Crippen molar-refractivity contribution in [2.24, 2.45) is 4.99 Å². The van der Waals surface area contributed by atoms with E-state index in [-0.39, 0.29) is 12.1 Å². The highest BCUT2D eigenvalue weighted by Crippen LogP contribution is 2.25. The molecule has 1 saturated heterocycles. The van der Waals surface area contributed by atoms with E-state index in [1.54, 1.807) is 6.20 Å². The molecule has 1 aromatic heterocycles. The first kappa shape index (κ1) is 21.3. The number of para-hydroxylation sites is 1. The number of rotatable bonds is 8. The van der Waals surface area contributed by atoms with Gasteiger partial charge in [0, 0.05) is 24.7 Å². The van der Waals surface area contributed by atoms with Gasteiger partial charge in [0.25, 0.3) is 0 Å². The number of fused-ring (bicyclic) bond motifs is 1. The molecule has 3 heterocycles. The number of benzene rings is 1. The van der Waals surface area contributed by atoms with Gasteiger partial charge in [-0.15, -0.1) is 0 Å². The Hall–Kier alpha value is -2.92. The molecule has 31 heavy (non-hydrogen) atoms. The van der Waals surface area contributed by atoms with Crippen LogP contribution in [0.4, 0.5) is 5.82 Å². The van der Waals surface area contributed by atoms with Crippen LogP contribution in [-0.2, 0) is 4.74 Å². The fourth-order valence-corrected chi connectivity index (χ4v) is 4.12. The maximum absolute atomic E-state index is 6.43. The molecule has 1 atom stereocenters. The van der Waals surface area contributed by atoms with Crippen molar-refractivity contribution < 1.29 is 4.74 Å². The lowest BCUT2D eigenvalue weighted by Crippen LogP contribution is -2.55. The van der Waals surface area contributed by atoms with Crippen LogP contribution >= 0.6 is 0 Å². The van der Waals surface area contributed by atoms with Crippen LogP contribution in [0.1, 0.15) is 26.2 Å². The average Bonchev–Trinajstić information content (AvgIpc) is 2.79. The summed E-state index contributed by atoms with van der Waals surface area (Å²) in [5.41, 5.74) is 2.24. The van der Waals surface area contributed by atoms with E-state index in [2.05, 4.69) is 71.3 Å². The SMILES string of the molecule is C=CN=C(OC1CN(c2ccc3ccccc3n2)C1)C(CC(=C)CC)N1CC=CCC1. The van der Waals surface area contributed by atoms with Crippen molar-refractivity contribution in [2.45, 2.75) is 38.3 Å². The molecule has 162 valence electrons. The lowest BCUT2D eigenvalue weighted by Gasteiger charge is -2.42. The van der Waals surface area contributed by atoms with E-state index in [9.17, 15) is 0 Å². The van der Waals surface area contributed by atoms with Crippen LogP contribution in [-0.4, -0.2) is 54.1 Å². The summed E-state index contributed by atoms with van der Waals surface area (Å²) >= 11 is 0. The minimum Gasteiger partial charge on any atom is -0.473 e. The summed E-state index contributed by atoms with van der Waals surface area (Å²) in [6.45, 7) is 13.8. The zero-order valence-electron chi connectivity index (χ0n) is 18.4. The minimum absolute atomic E-state index is 0.100. The molecule has 5 heteroatoms. The zero-order chi connectivity index (χ0) is 21.6. The van der Waals surface area contributed by atoms with Gasteiger partial charge in [0.1, 0.15) is 11.9 Å². The highest BCUT2D eigenvalue weighted by atomic mass is 16.5. The molecule has 0 aliphatic carbocycles. The Morgan fingerprint density at radius 2 is 2.10 bits per heavy atom. The van der Waals surface area contributed by atoms with Gasteiger partial charge in [-0.05, 0) is 37.5 Å². The number of anilines is 1. The lowest BCUT2D eigenvalue weighted by molar-refractivity contribution is 0.127. The van der Waals surface area contributed by atoms with Gasteiger partial charge in [-0.1, -0.05) is 56.0 Å². The van der Waals surface area contributed by atoms with E-state index in [0.717, 1.165) is 68.1 Å². The van der Waals surface area contributed by atoms with Gasteiger partial charge in [0.05, 0.1) is 24.6 Å². The van der Waals surface area contributed by atoms with Crippen LogP contribution < -0.4 is 4.90 Å². The molecule has 2 aromatic rings. The molecule has 5 nitrogen and oxygen atoms in total. The van der Waals surface area contributed by atoms with E-state index >= 15 is 0 Å². The molecule has 2 aliphatic rings. The van der Waals surface area contributed by atoms with E-state index in [1.807, 2.05) is 12.1 Å². The molecular weight excluding hydrogens is 384 g/mol. The Morgan fingerprint density at radius 1 is 1.26 bits per heavy atom. The zero-order valence-corrected chi connectivity index (χ0v) is 18.4. The highest BCUT2D eigenvalue weighted by Gasteiger charge is 2.34. The third kappa shape index (κ3) is 5.05. The standard InChI is InChI=1S/C26H32N4O/c1-4-20(3)17-24(29-15-9-6-10-16-29)26(27-5-2)31-22-18-30(19-22)25-14-13-21-11-7-8-12-23(21)28-25/h5-9,11-14,22,24H,2-4,10,15-19H2,1H3. The summed E-state index contributed by atoms with van der Waals surface area (Å²) in [6.07, 6.45) is 9.05. The summed E-state index contributed by atoms with van der Waals surface area (Å²) in [7, 11) is 0. The molecule has 2 aliphatic heterocycles. The molecular formula is C26H32N4O. The fourth-order valence-electron chi connectivity index (χ4n) is 4.12. The third-order valence-corrected chi connectivity index (χ3v) is 6.06.